The lowest BCUT2D eigenvalue weighted by Crippen LogP contribution is -2.49. The van der Waals surface area contributed by atoms with Gasteiger partial charge < -0.3 is 25.4 Å². The van der Waals surface area contributed by atoms with E-state index in [2.05, 4.69) is 22.8 Å². The molecule has 2 amide bonds. The summed E-state index contributed by atoms with van der Waals surface area (Å²) < 4.78 is 5.58. The Morgan fingerprint density at radius 3 is 2.17 bits per heavy atom. The molecule has 0 aromatic heterocycles. The molecule has 3 aromatic carbocycles. The molecule has 0 aliphatic heterocycles. The number of carbonyl (C=O) groups is 3. The average Bonchev–Trinajstić information content (AvgIpc) is 3.16. The number of benzene rings is 3. The number of carboxylic acid groups (broad SMARTS) is 1. The molecule has 0 radical (unpaired) electrons. The second kappa shape index (κ2) is 10.4. The van der Waals surface area contributed by atoms with Gasteiger partial charge in [-0.2, -0.15) is 0 Å². The van der Waals surface area contributed by atoms with Crippen LogP contribution in [0.25, 0.3) is 11.1 Å². The number of rotatable bonds is 8. The molecule has 0 bridgehead atoms. The molecule has 180 valence electrons. The lowest BCUT2D eigenvalue weighted by molar-refractivity contribution is -0.118. The van der Waals surface area contributed by atoms with Crippen molar-refractivity contribution in [3.05, 3.63) is 89.5 Å². The smallest absolute Gasteiger partial charge is 0.407 e. The average molecular weight is 474 g/mol. The van der Waals surface area contributed by atoms with E-state index in [1.807, 2.05) is 36.4 Å². The topological polar surface area (TPSA) is 108 Å². The van der Waals surface area contributed by atoms with E-state index >= 15 is 0 Å². The van der Waals surface area contributed by atoms with Gasteiger partial charge in [-0.05, 0) is 54.5 Å². The predicted octanol–water partition coefficient (Wildman–Crippen LogP) is 3.79. The van der Waals surface area contributed by atoms with Crippen LogP contribution in [-0.2, 0) is 9.53 Å². The van der Waals surface area contributed by atoms with E-state index in [9.17, 15) is 14.4 Å². The van der Waals surface area contributed by atoms with E-state index in [0.717, 1.165) is 22.3 Å². The number of likely N-dealkylation sites (N-methyl/N-ethyl adjacent to an activating group) is 1. The van der Waals surface area contributed by atoms with Crippen LogP contribution in [0.3, 0.4) is 0 Å². The third kappa shape index (κ3) is 5.50. The molecule has 3 N–H and O–H groups in total. The van der Waals surface area contributed by atoms with Gasteiger partial charge in [0, 0.05) is 18.2 Å². The third-order valence-corrected chi connectivity index (χ3v) is 5.88. The maximum Gasteiger partial charge on any atom is 0.407 e. The molecule has 8 heteroatoms. The number of carboxylic acids is 1. The Bertz CT molecular complexity index is 1210. The van der Waals surface area contributed by atoms with Crippen molar-refractivity contribution in [2.45, 2.75) is 12.0 Å². The van der Waals surface area contributed by atoms with Crippen molar-refractivity contribution in [2.24, 2.45) is 0 Å². The summed E-state index contributed by atoms with van der Waals surface area (Å²) in [6, 6.07) is 21.1. The predicted molar refractivity (Wildman–Crippen MR) is 133 cm³/mol. The van der Waals surface area contributed by atoms with Crippen LogP contribution in [0.15, 0.2) is 72.8 Å². The molecule has 4 rings (SSSR count). The number of nitrogens with zero attached hydrogens (tertiary/aromatic N) is 1. The second-order valence-electron chi connectivity index (χ2n) is 8.66. The van der Waals surface area contributed by atoms with Crippen molar-refractivity contribution in [3.63, 3.8) is 0 Å². The minimum atomic E-state index is -1.09. The molecular weight excluding hydrogens is 446 g/mol. The Morgan fingerprint density at radius 2 is 1.57 bits per heavy atom. The van der Waals surface area contributed by atoms with E-state index < -0.39 is 24.0 Å². The lowest BCUT2D eigenvalue weighted by atomic mass is 9.98. The van der Waals surface area contributed by atoms with E-state index in [4.69, 9.17) is 9.84 Å². The molecule has 0 spiro atoms. The fourth-order valence-corrected chi connectivity index (χ4v) is 4.30. The fraction of sp³-hybridized carbons (Fsp3) is 0.222. The highest BCUT2D eigenvalue weighted by Crippen LogP contribution is 2.44. The SMILES string of the molecule is CN(C)CC(NC(=O)OCC1c2ccccc2-c2ccccc21)C(=O)Nc1cccc(C(=O)O)c1. The van der Waals surface area contributed by atoms with Crippen LogP contribution < -0.4 is 10.6 Å². The quantitative estimate of drug-likeness (QED) is 0.459. The largest absolute Gasteiger partial charge is 0.478 e. The standard InChI is InChI=1S/C27H27N3O5/c1-30(2)15-24(25(31)28-18-9-7-8-17(14-18)26(32)33)29-27(34)35-16-23-21-12-5-3-10-19(21)20-11-4-6-13-22(20)23/h3-14,23-24H,15-16H2,1-2H3,(H,28,31)(H,29,34)(H,32,33). The molecular formula is C27H27N3O5. The van der Waals surface area contributed by atoms with Crippen LogP contribution in [0.1, 0.15) is 27.4 Å². The summed E-state index contributed by atoms with van der Waals surface area (Å²) in [5.41, 5.74) is 4.84. The summed E-state index contributed by atoms with van der Waals surface area (Å²) in [6.07, 6.45) is -0.701. The summed E-state index contributed by atoms with van der Waals surface area (Å²) in [7, 11) is 3.56. The minimum absolute atomic E-state index is 0.0523. The number of aromatic carboxylic acids is 1. The van der Waals surface area contributed by atoms with Gasteiger partial charge in [-0.25, -0.2) is 9.59 Å². The molecule has 0 saturated heterocycles. The van der Waals surface area contributed by atoms with Crippen LogP contribution in [0.2, 0.25) is 0 Å². The first-order chi connectivity index (χ1) is 16.8. The molecule has 8 nitrogen and oxygen atoms in total. The van der Waals surface area contributed by atoms with E-state index in [0.29, 0.717) is 5.69 Å². The Kier molecular flexibility index (Phi) is 7.12. The van der Waals surface area contributed by atoms with Crippen molar-refractivity contribution >= 4 is 23.7 Å². The highest BCUT2D eigenvalue weighted by atomic mass is 16.5. The van der Waals surface area contributed by atoms with Gasteiger partial charge >= 0.3 is 12.1 Å². The summed E-state index contributed by atoms with van der Waals surface area (Å²) in [6.45, 7) is 0.367. The van der Waals surface area contributed by atoms with Gasteiger partial charge in [0.05, 0.1) is 5.56 Å². The molecule has 1 aliphatic rings. The van der Waals surface area contributed by atoms with E-state index in [-0.39, 0.29) is 24.6 Å². The summed E-state index contributed by atoms with van der Waals surface area (Å²) in [5, 5.41) is 14.5. The maximum atomic E-state index is 12.9. The van der Waals surface area contributed by atoms with E-state index in [1.54, 1.807) is 31.1 Å². The normalized spacial score (nSPS) is 13.0. The van der Waals surface area contributed by atoms with Crippen LogP contribution >= 0.6 is 0 Å². The molecule has 1 atom stereocenters. The monoisotopic (exact) mass is 473 g/mol. The van der Waals surface area contributed by atoms with Gasteiger partial charge in [0.15, 0.2) is 0 Å². The van der Waals surface area contributed by atoms with Crippen molar-refractivity contribution in [2.75, 3.05) is 32.6 Å². The van der Waals surface area contributed by atoms with Crippen molar-refractivity contribution < 1.29 is 24.2 Å². The molecule has 1 unspecified atom stereocenters. The fourth-order valence-electron chi connectivity index (χ4n) is 4.30. The molecule has 0 saturated carbocycles. The third-order valence-electron chi connectivity index (χ3n) is 5.88. The maximum absolute atomic E-state index is 12.9. The van der Waals surface area contributed by atoms with Gasteiger partial charge in [-0.15, -0.1) is 0 Å². The zero-order valence-corrected chi connectivity index (χ0v) is 19.5. The number of anilines is 1. The number of amides is 2. The van der Waals surface area contributed by atoms with Crippen molar-refractivity contribution in [3.8, 4) is 11.1 Å². The van der Waals surface area contributed by atoms with Crippen LogP contribution in [-0.4, -0.2) is 61.3 Å². The number of carbonyl (C=O) groups excluding carboxylic acids is 2. The van der Waals surface area contributed by atoms with E-state index in [1.165, 1.54) is 12.1 Å². The number of fused-ring (bicyclic) bond motifs is 3. The van der Waals surface area contributed by atoms with Gasteiger partial charge in [-0.1, -0.05) is 54.6 Å². The Morgan fingerprint density at radius 1 is 0.943 bits per heavy atom. The Balaban J connectivity index is 1.42. The van der Waals surface area contributed by atoms with Gasteiger partial charge in [0.2, 0.25) is 5.91 Å². The number of ether oxygens (including phenoxy) is 1. The first-order valence-electron chi connectivity index (χ1n) is 11.2. The molecule has 0 heterocycles. The Hall–Kier alpha value is -4.17. The zero-order chi connectivity index (χ0) is 24.9. The summed E-state index contributed by atoms with van der Waals surface area (Å²) >= 11 is 0. The molecule has 35 heavy (non-hydrogen) atoms. The highest BCUT2D eigenvalue weighted by Gasteiger charge is 2.30. The number of nitrogens with one attached hydrogen (secondary N) is 2. The van der Waals surface area contributed by atoms with Crippen LogP contribution in [0, 0.1) is 0 Å². The zero-order valence-electron chi connectivity index (χ0n) is 19.5. The summed E-state index contributed by atoms with van der Waals surface area (Å²) in [5.74, 6) is -1.66. The first kappa shape index (κ1) is 24.0. The van der Waals surface area contributed by atoms with Crippen molar-refractivity contribution in [1.82, 2.24) is 10.2 Å². The van der Waals surface area contributed by atoms with Crippen LogP contribution in [0.5, 0.6) is 0 Å². The highest BCUT2D eigenvalue weighted by molar-refractivity contribution is 5.98. The first-order valence-corrected chi connectivity index (χ1v) is 11.2. The van der Waals surface area contributed by atoms with Gasteiger partial charge in [0.1, 0.15) is 12.6 Å². The summed E-state index contributed by atoms with van der Waals surface area (Å²) in [4.78, 5) is 38.6. The molecule has 3 aromatic rings. The minimum Gasteiger partial charge on any atom is -0.478 e. The Labute approximate surface area is 203 Å². The second-order valence-corrected chi connectivity index (χ2v) is 8.66. The molecule has 0 fully saturated rings. The number of alkyl carbamates (subject to hydrolysis) is 1. The number of hydrogen-bond donors (Lipinski definition) is 3. The molecule has 1 aliphatic carbocycles. The lowest BCUT2D eigenvalue weighted by Gasteiger charge is -2.22. The number of hydrogen-bond acceptors (Lipinski definition) is 5. The van der Waals surface area contributed by atoms with Crippen LogP contribution in [0.4, 0.5) is 10.5 Å². The van der Waals surface area contributed by atoms with Gasteiger partial charge in [0.25, 0.3) is 0 Å². The van der Waals surface area contributed by atoms with Gasteiger partial charge in [-0.3, -0.25) is 4.79 Å². The van der Waals surface area contributed by atoms with Crippen molar-refractivity contribution in [1.29, 1.82) is 0 Å².